The molecule has 0 spiro atoms. The predicted octanol–water partition coefficient (Wildman–Crippen LogP) is -2.27. The molecule has 1 saturated heterocycles. The Morgan fingerprint density at radius 3 is 2.50 bits per heavy atom. The Labute approximate surface area is 111 Å². The largest absolute Gasteiger partial charge is 0.394 e. The monoisotopic (exact) mass is 324 g/mol. The van der Waals surface area contributed by atoms with E-state index in [-0.39, 0.29) is 17.0 Å². The van der Waals surface area contributed by atoms with E-state index < -0.39 is 42.4 Å². The van der Waals surface area contributed by atoms with E-state index in [0.717, 1.165) is 16.8 Å². The number of aromatic nitrogens is 2. The number of ether oxygens (including phenoxy) is 1. The normalized spacial score (nSPS) is 31.1. The third-order valence-corrected chi connectivity index (χ3v) is 2.64. The van der Waals surface area contributed by atoms with Crippen LogP contribution < -0.4 is 11.2 Å². The van der Waals surface area contributed by atoms with Crippen molar-refractivity contribution in [3.05, 3.63) is 33.1 Å². The second kappa shape index (κ2) is 5.76. The summed E-state index contributed by atoms with van der Waals surface area (Å²) in [6, 6.07) is 1.09. The van der Waals surface area contributed by atoms with Crippen LogP contribution in [0, 0.1) is 0 Å². The number of H-pyrrole nitrogens is 1. The fourth-order valence-corrected chi connectivity index (χ4v) is 1.74. The molecule has 0 aromatic carbocycles. The number of aliphatic hydroxyl groups is 3. The zero-order chi connectivity index (χ0) is 12.6. The Hall–Kier alpha value is -1.00. The average Bonchev–Trinajstić information content (AvgIpc) is 2.57. The molecule has 1 aliphatic rings. The molecule has 0 bridgehead atoms. The molecule has 0 radical (unpaired) electrons. The van der Waals surface area contributed by atoms with Gasteiger partial charge in [-0.2, -0.15) is 0 Å². The maximum absolute atomic E-state index is 11.4. The SMILES string of the molecule is Br.O=c1ccn([C@@H]2O[C@H](CO)[C@@H](O)[C@H]2O)c(=O)[nH]1. The summed E-state index contributed by atoms with van der Waals surface area (Å²) in [5, 5.41) is 28.1. The van der Waals surface area contributed by atoms with Crippen LogP contribution >= 0.6 is 17.0 Å². The van der Waals surface area contributed by atoms with Crippen LogP contribution in [0.4, 0.5) is 0 Å². The number of hydrogen-bond acceptors (Lipinski definition) is 6. The number of hydrogen-bond donors (Lipinski definition) is 4. The van der Waals surface area contributed by atoms with Crippen molar-refractivity contribution in [1.82, 2.24) is 9.55 Å². The number of aromatic amines is 1. The van der Waals surface area contributed by atoms with Gasteiger partial charge in [0, 0.05) is 12.3 Å². The average molecular weight is 325 g/mol. The lowest BCUT2D eigenvalue weighted by Gasteiger charge is -2.16. The van der Waals surface area contributed by atoms with Gasteiger partial charge in [-0.1, -0.05) is 0 Å². The summed E-state index contributed by atoms with van der Waals surface area (Å²) in [5.74, 6) is 0. The molecule has 9 heteroatoms. The van der Waals surface area contributed by atoms with Crippen LogP contribution in [0.5, 0.6) is 0 Å². The van der Waals surface area contributed by atoms with Crippen LogP contribution in [0.15, 0.2) is 21.9 Å². The fraction of sp³-hybridized carbons (Fsp3) is 0.556. The Morgan fingerprint density at radius 2 is 2.00 bits per heavy atom. The summed E-state index contributed by atoms with van der Waals surface area (Å²) in [7, 11) is 0. The van der Waals surface area contributed by atoms with E-state index in [9.17, 15) is 19.8 Å². The maximum Gasteiger partial charge on any atom is 0.330 e. The first kappa shape index (κ1) is 15.1. The van der Waals surface area contributed by atoms with Gasteiger partial charge >= 0.3 is 5.69 Å². The van der Waals surface area contributed by atoms with E-state index in [0.29, 0.717) is 0 Å². The van der Waals surface area contributed by atoms with Crippen LogP contribution in [0.3, 0.4) is 0 Å². The van der Waals surface area contributed by atoms with Gasteiger partial charge in [-0.05, 0) is 0 Å². The Morgan fingerprint density at radius 1 is 1.33 bits per heavy atom. The van der Waals surface area contributed by atoms with Crippen molar-refractivity contribution in [2.75, 3.05) is 6.61 Å². The van der Waals surface area contributed by atoms with E-state index in [2.05, 4.69) is 0 Å². The van der Waals surface area contributed by atoms with E-state index >= 15 is 0 Å². The molecule has 1 aliphatic heterocycles. The van der Waals surface area contributed by atoms with Crippen LogP contribution in [0.25, 0.3) is 0 Å². The van der Waals surface area contributed by atoms with Crippen molar-refractivity contribution in [2.45, 2.75) is 24.5 Å². The van der Waals surface area contributed by atoms with E-state index in [1.165, 1.54) is 0 Å². The number of halogens is 1. The van der Waals surface area contributed by atoms with Crippen LogP contribution in [0.1, 0.15) is 6.23 Å². The summed E-state index contributed by atoms with van der Waals surface area (Å²) in [6.07, 6.45) is -3.58. The minimum Gasteiger partial charge on any atom is -0.394 e. The lowest BCUT2D eigenvalue weighted by molar-refractivity contribution is -0.0550. The Balaban J connectivity index is 0.00000162. The first-order valence-corrected chi connectivity index (χ1v) is 4.98. The number of aliphatic hydroxyl groups excluding tert-OH is 3. The molecular weight excluding hydrogens is 312 g/mol. The summed E-state index contributed by atoms with van der Waals surface area (Å²) in [4.78, 5) is 24.3. The fourth-order valence-electron chi connectivity index (χ4n) is 1.74. The van der Waals surface area contributed by atoms with Crippen molar-refractivity contribution >= 4 is 17.0 Å². The van der Waals surface area contributed by atoms with Crippen molar-refractivity contribution in [3.8, 4) is 0 Å². The van der Waals surface area contributed by atoms with Gasteiger partial charge in [0.05, 0.1) is 6.61 Å². The summed E-state index contributed by atoms with van der Waals surface area (Å²) in [6.45, 7) is -0.479. The zero-order valence-corrected chi connectivity index (χ0v) is 10.8. The van der Waals surface area contributed by atoms with Crippen molar-refractivity contribution < 1.29 is 20.1 Å². The minimum atomic E-state index is -1.35. The summed E-state index contributed by atoms with van der Waals surface area (Å²) in [5.41, 5.74) is -1.33. The van der Waals surface area contributed by atoms with Crippen molar-refractivity contribution in [1.29, 1.82) is 0 Å². The van der Waals surface area contributed by atoms with E-state index in [1.54, 1.807) is 0 Å². The van der Waals surface area contributed by atoms with Gasteiger partial charge in [0.2, 0.25) is 0 Å². The number of rotatable bonds is 2. The molecule has 8 nitrogen and oxygen atoms in total. The molecule has 1 fully saturated rings. The second-order valence-corrected chi connectivity index (χ2v) is 3.75. The van der Waals surface area contributed by atoms with E-state index in [4.69, 9.17) is 9.84 Å². The van der Waals surface area contributed by atoms with Gasteiger partial charge in [-0.15, -0.1) is 17.0 Å². The lowest BCUT2D eigenvalue weighted by atomic mass is 10.1. The lowest BCUT2D eigenvalue weighted by Crippen LogP contribution is -2.37. The molecule has 0 aliphatic carbocycles. The Kier molecular flexibility index (Phi) is 4.82. The highest BCUT2D eigenvalue weighted by molar-refractivity contribution is 8.93. The zero-order valence-electron chi connectivity index (χ0n) is 9.09. The van der Waals surface area contributed by atoms with Gasteiger partial charge in [-0.25, -0.2) is 4.79 Å². The standard InChI is InChI=1S/C9H12N2O6.BrH/c12-3-4-6(14)7(15)8(17-4)11-2-1-5(13)10-9(11)16;/h1-2,4,6-8,12,14-15H,3H2,(H,10,13,16);1H/t4-,6-,7-,8-;/m1./s1. The molecule has 4 atom stereocenters. The highest BCUT2D eigenvalue weighted by Gasteiger charge is 2.43. The molecule has 4 N–H and O–H groups in total. The van der Waals surface area contributed by atoms with Gasteiger partial charge in [-0.3, -0.25) is 14.3 Å². The van der Waals surface area contributed by atoms with Gasteiger partial charge < -0.3 is 20.1 Å². The topological polar surface area (TPSA) is 125 Å². The van der Waals surface area contributed by atoms with Crippen molar-refractivity contribution in [3.63, 3.8) is 0 Å². The Bertz CT molecular complexity index is 514. The maximum atomic E-state index is 11.4. The van der Waals surface area contributed by atoms with Crippen LogP contribution in [-0.2, 0) is 4.74 Å². The van der Waals surface area contributed by atoms with E-state index in [1.807, 2.05) is 4.98 Å². The highest BCUT2D eigenvalue weighted by Crippen LogP contribution is 2.27. The summed E-state index contributed by atoms with van der Waals surface area (Å²) < 4.78 is 6.08. The molecule has 2 rings (SSSR count). The molecule has 18 heavy (non-hydrogen) atoms. The first-order chi connectivity index (χ1) is 8.04. The highest BCUT2D eigenvalue weighted by atomic mass is 79.9. The molecule has 1 aromatic rings. The molecule has 0 amide bonds. The van der Waals surface area contributed by atoms with Gasteiger partial charge in [0.15, 0.2) is 6.23 Å². The molecule has 1 aromatic heterocycles. The van der Waals surface area contributed by atoms with Gasteiger partial charge in [0.25, 0.3) is 5.56 Å². The molecule has 2 heterocycles. The predicted molar refractivity (Wildman–Crippen MR) is 64.7 cm³/mol. The first-order valence-electron chi connectivity index (χ1n) is 4.98. The molecule has 0 saturated carbocycles. The smallest absolute Gasteiger partial charge is 0.330 e. The molecule has 102 valence electrons. The molecular formula is C9H13BrN2O6. The second-order valence-electron chi connectivity index (χ2n) is 3.75. The van der Waals surface area contributed by atoms with Crippen LogP contribution in [-0.4, -0.2) is 49.8 Å². The summed E-state index contributed by atoms with van der Waals surface area (Å²) >= 11 is 0. The quantitative estimate of drug-likeness (QED) is 0.486. The third-order valence-electron chi connectivity index (χ3n) is 2.64. The third kappa shape index (κ3) is 2.54. The van der Waals surface area contributed by atoms with Crippen molar-refractivity contribution in [2.24, 2.45) is 0 Å². The van der Waals surface area contributed by atoms with Gasteiger partial charge in [0.1, 0.15) is 18.3 Å². The minimum absolute atomic E-state index is 0. The number of nitrogens with zero attached hydrogens (tertiary/aromatic N) is 1. The number of nitrogens with one attached hydrogen (secondary N) is 1. The van der Waals surface area contributed by atoms with Crippen LogP contribution in [0.2, 0.25) is 0 Å². The molecule has 0 unspecified atom stereocenters.